The van der Waals surface area contributed by atoms with Crippen molar-refractivity contribution in [1.82, 2.24) is 24.7 Å². The molecule has 2 fully saturated rings. The summed E-state index contributed by atoms with van der Waals surface area (Å²) in [7, 11) is 0. The van der Waals surface area contributed by atoms with Crippen LogP contribution in [-0.4, -0.2) is 67.7 Å². The SMILES string of the molecule is CC(C)n1nc(N2CCCC2=O)c2cnc(Nc3ccnc(N4CCC(O)C(F)C4)n3)cc21. The van der Waals surface area contributed by atoms with Crippen LogP contribution in [0.1, 0.15) is 39.2 Å². The minimum absolute atomic E-state index is 0.0560. The van der Waals surface area contributed by atoms with E-state index < -0.39 is 12.3 Å². The lowest BCUT2D eigenvalue weighted by molar-refractivity contribution is -0.117. The number of amides is 1. The molecule has 0 radical (unpaired) electrons. The van der Waals surface area contributed by atoms with Gasteiger partial charge in [0.25, 0.3) is 0 Å². The van der Waals surface area contributed by atoms with E-state index in [4.69, 9.17) is 5.10 Å². The Labute approximate surface area is 190 Å². The van der Waals surface area contributed by atoms with Gasteiger partial charge in [-0.05, 0) is 32.8 Å². The van der Waals surface area contributed by atoms with Crippen LogP contribution in [-0.2, 0) is 4.79 Å². The van der Waals surface area contributed by atoms with E-state index in [-0.39, 0.29) is 18.5 Å². The number of aromatic nitrogens is 5. The van der Waals surface area contributed by atoms with Gasteiger partial charge in [0.2, 0.25) is 11.9 Å². The highest BCUT2D eigenvalue weighted by Crippen LogP contribution is 2.32. The zero-order chi connectivity index (χ0) is 23.1. The Kier molecular flexibility index (Phi) is 5.57. The molecule has 0 bridgehead atoms. The summed E-state index contributed by atoms with van der Waals surface area (Å²) >= 11 is 0. The molecule has 2 aliphatic heterocycles. The van der Waals surface area contributed by atoms with Crippen molar-refractivity contribution in [2.45, 2.75) is 51.4 Å². The zero-order valence-corrected chi connectivity index (χ0v) is 18.6. The van der Waals surface area contributed by atoms with E-state index in [2.05, 4.69) is 20.3 Å². The average Bonchev–Trinajstić information content (AvgIpc) is 3.38. The number of rotatable bonds is 5. The van der Waals surface area contributed by atoms with Gasteiger partial charge in [-0.25, -0.2) is 14.4 Å². The number of anilines is 4. The van der Waals surface area contributed by atoms with Crippen molar-refractivity contribution in [3.8, 4) is 0 Å². The maximum absolute atomic E-state index is 13.9. The fourth-order valence-corrected chi connectivity index (χ4v) is 4.33. The van der Waals surface area contributed by atoms with Crippen LogP contribution in [0.2, 0.25) is 0 Å². The van der Waals surface area contributed by atoms with E-state index in [0.717, 1.165) is 17.3 Å². The molecule has 2 atom stereocenters. The largest absolute Gasteiger partial charge is 0.390 e. The molecule has 2 unspecified atom stereocenters. The molecule has 33 heavy (non-hydrogen) atoms. The summed E-state index contributed by atoms with van der Waals surface area (Å²) in [5.74, 6) is 2.24. The molecule has 0 aliphatic carbocycles. The Bertz CT molecular complexity index is 1180. The number of halogens is 1. The Morgan fingerprint density at radius 2 is 2.09 bits per heavy atom. The van der Waals surface area contributed by atoms with Gasteiger partial charge in [-0.3, -0.25) is 14.4 Å². The van der Waals surface area contributed by atoms with E-state index in [1.807, 2.05) is 24.6 Å². The number of aliphatic hydroxyl groups excluding tert-OH is 1. The first-order valence-electron chi connectivity index (χ1n) is 11.3. The highest BCUT2D eigenvalue weighted by Gasteiger charge is 2.29. The molecule has 5 heterocycles. The second-order valence-electron chi connectivity index (χ2n) is 8.78. The lowest BCUT2D eigenvalue weighted by Gasteiger charge is -2.32. The van der Waals surface area contributed by atoms with Crippen LogP contribution in [0.4, 0.5) is 27.8 Å². The van der Waals surface area contributed by atoms with Crippen molar-refractivity contribution in [3.63, 3.8) is 0 Å². The number of fused-ring (bicyclic) bond motifs is 1. The third kappa shape index (κ3) is 4.08. The van der Waals surface area contributed by atoms with Gasteiger partial charge in [-0.2, -0.15) is 10.1 Å². The highest BCUT2D eigenvalue weighted by molar-refractivity contribution is 6.03. The number of carbonyl (C=O) groups is 1. The number of nitrogens with one attached hydrogen (secondary N) is 1. The van der Waals surface area contributed by atoms with Gasteiger partial charge in [-0.15, -0.1) is 0 Å². The molecule has 2 N–H and O–H groups in total. The Balaban J connectivity index is 1.43. The Morgan fingerprint density at radius 3 is 2.82 bits per heavy atom. The molecule has 2 saturated heterocycles. The lowest BCUT2D eigenvalue weighted by atomic mass is 10.1. The topological polar surface area (TPSA) is 112 Å². The van der Waals surface area contributed by atoms with Crippen molar-refractivity contribution < 1.29 is 14.3 Å². The number of nitrogens with zero attached hydrogens (tertiary/aromatic N) is 7. The summed E-state index contributed by atoms with van der Waals surface area (Å²) in [4.78, 5) is 29.1. The number of aliphatic hydroxyl groups is 1. The van der Waals surface area contributed by atoms with E-state index in [1.54, 1.807) is 28.3 Å². The van der Waals surface area contributed by atoms with Gasteiger partial charge in [0, 0.05) is 44.0 Å². The van der Waals surface area contributed by atoms with Crippen LogP contribution in [0, 0.1) is 0 Å². The molecule has 0 spiro atoms. The van der Waals surface area contributed by atoms with Gasteiger partial charge in [0.05, 0.1) is 23.6 Å². The molecule has 3 aromatic heterocycles. The van der Waals surface area contributed by atoms with Crippen molar-refractivity contribution in [2.24, 2.45) is 0 Å². The highest BCUT2D eigenvalue weighted by atomic mass is 19.1. The van der Waals surface area contributed by atoms with Crippen LogP contribution in [0.25, 0.3) is 10.9 Å². The molecule has 3 aromatic rings. The first-order valence-corrected chi connectivity index (χ1v) is 11.3. The van der Waals surface area contributed by atoms with E-state index in [1.165, 1.54) is 0 Å². The molecule has 0 saturated carbocycles. The first kappa shape index (κ1) is 21.5. The standard InChI is InChI=1S/C22H27FN8O2/c1-13(2)31-16-10-19(25-11-14(16)21(28-31)30-8-3-4-20(30)33)26-18-5-7-24-22(27-18)29-9-6-17(32)15(23)12-29/h5,7,10-11,13,15,17,32H,3-4,6,8-9,12H2,1-2H3,(H,24,25,26,27). The fraction of sp³-hybridized carbons (Fsp3) is 0.500. The predicted molar refractivity (Wildman–Crippen MR) is 123 cm³/mol. The molecule has 11 heteroatoms. The number of alkyl halides is 1. The number of pyridine rings is 1. The smallest absolute Gasteiger partial charge is 0.228 e. The minimum Gasteiger partial charge on any atom is -0.390 e. The zero-order valence-electron chi connectivity index (χ0n) is 18.6. The molecule has 0 aromatic carbocycles. The van der Waals surface area contributed by atoms with Gasteiger partial charge in [0.1, 0.15) is 17.8 Å². The van der Waals surface area contributed by atoms with Crippen molar-refractivity contribution in [3.05, 3.63) is 24.5 Å². The molecule has 174 valence electrons. The van der Waals surface area contributed by atoms with Gasteiger partial charge >= 0.3 is 0 Å². The average molecular weight is 455 g/mol. The second-order valence-corrected chi connectivity index (χ2v) is 8.78. The Morgan fingerprint density at radius 1 is 1.24 bits per heavy atom. The number of piperidine rings is 1. The normalized spacial score (nSPS) is 21.4. The lowest BCUT2D eigenvalue weighted by Crippen LogP contribution is -2.45. The summed E-state index contributed by atoms with van der Waals surface area (Å²) in [6.07, 6.45) is 2.78. The fourth-order valence-electron chi connectivity index (χ4n) is 4.33. The van der Waals surface area contributed by atoms with Gasteiger partial charge in [-0.1, -0.05) is 0 Å². The molecular formula is C22H27FN8O2. The third-order valence-electron chi connectivity index (χ3n) is 6.08. The van der Waals surface area contributed by atoms with E-state index in [0.29, 0.717) is 49.3 Å². The maximum atomic E-state index is 13.9. The summed E-state index contributed by atoms with van der Waals surface area (Å²) in [6.45, 7) is 5.29. The number of hydrogen-bond acceptors (Lipinski definition) is 8. The maximum Gasteiger partial charge on any atom is 0.228 e. The summed E-state index contributed by atoms with van der Waals surface area (Å²) in [6, 6.07) is 3.71. The second kappa shape index (κ2) is 8.54. The third-order valence-corrected chi connectivity index (χ3v) is 6.08. The van der Waals surface area contributed by atoms with Crippen LogP contribution in [0.15, 0.2) is 24.5 Å². The van der Waals surface area contributed by atoms with E-state index in [9.17, 15) is 14.3 Å². The van der Waals surface area contributed by atoms with Crippen LogP contribution in [0.5, 0.6) is 0 Å². The summed E-state index contributed by atoms with van der Waals surface area (Å²) < 4.78 is 15.8. The van der Waals surface area contributed by atoms with Crippen molar-refractivity contribution >= 4 is 40.2 Å². The van der Waals surface area contributed by atoms with Gasteiger partial charge in [0.15, 0.2) is 5.82 Å². The monoisotopic (exact) mass is 454 g/mol. The van der Waals surface area contributed by atoms with Crippen LogP contribution in [0.3, 0.4) is 0 Å². The molecule has 2 aliphatic rings. The summed E-state index contributed by atoms with van der Waals surface area (Å²) in [5.41, 5.74) is 0.872. The molecule has 10 nitrogen and oxygen atoms in total. The number of carbonyl (C=O) groups excluding carboxylic acids is 1. The van der Waals surface area contributed by atoms with Crippen molar-refractivity contribution in [2.75, 3.05) is 34.8 Å². The van der Waals surface area contributed by atoms with Gasteiger partial charge < -0.3 is 15.3 Å². The molecular weight excluding hydrogens is 427 g/mol. The quantitative estimate of drug-likeness (QED) is 0.605. The van der Waals surface area contributed by atoms with Crippen LogP contribution < -0.4 is 15.1 Å². The number of hydrogen-bond donors (Lipinski definition) is 2. The predicted octanol–water partition coefficient (Wildman–Crippen LogP) is 2.58. The first-order chi connectivity index (χ1) is 15.9. The van der Waals surface area contributed by atoms with Crippen molar-refractivity contribution in [1.29, 1.82) is 0 Å². The molecule has 5 rings (SSSR count). The summed E-state index contributed by atoms with van der Waals surface area (Å²) in [5, 5.41) is 18.4. The van der Waals surface area contributed by atoms with Crippen LogP contribution >= 0.6 is 0 Å². The molecule has 1 amide bonds. The van der Waals surface area contributed by atoms with E-state index >= 15 is 0 Å². The Hall–Kier alpha value is -3.34. The minimum atomic E-state index is -1.32.